The molecule has 1 saturated heterocycles. The molecule has 6 heteroatoms. The van der Waals surface area contributed by atoms with E-state index in [-0.39, 0.29) is 5.56 Å². The number of anilines is 1. The molecule has 1 fully saturated rings. The van der Waals surface area contributed by atoms with Crippen LogP contribution < -0.4 is 15.8 Å². The van der Waals surface area contributed by atoms with Crippen molar-refractivity contribution in [3.05, 3.63) is 64.6 Å². The Balaban J connectivity index is 1.68. The van der Waals surface area contributed by atoms with Crippen molar-refractivity contribution >= 4 is 27.5 Å². The number of pyridine rings is 1. The zero-order chi connectivity index (χ0) is 19.1. The first-order valence-electron chi connectivity index (χ1n) is 9.77. The van der Waals surface area contributed by atoms with E-state index in [0.29, 0.717) is 5.39 Å². The maximum absolute atomic E-state index is 12.9. The molecule has 1 aliphatic heterocycles. The molecule has 0 unspecified atom stereocenters. The molecule has 0 atom stereocenters. The third kappa shape index (κ3) is 2.77. The summed E-state index contributed by atoms with van der Waals surface area (Å²) in [4.78, 5) is 19.9. The Labute approximate surface area is 162 Å². The number of aryl methyl sites for hydroxylation is 1. The number of nitrogens with zero attached hydrogens (tertiary/aromatic N) is 3. The van der Waals surface area contributed by atoms with Gasteiger partial charge in [-0.2, -0.15) is 0 Å². The lowest BCUT2D eigenvalue weighted by molar-refractivity contribution is 0.724. The third-order valence-corrected chi connectivity index (χ3v) is 5.54. The molecule has 4 aromatic rings. The fourth-order valence-electron chi connectivity index (χ4n) is 4.09. The summed E-state index contributed by atoms with van der Waals surface area (Å²) in [6.45, 7) is 6.24. The zero-order valence-electron chi connectivity index (χ0n) is 15.9. The van der Waals surface area contributed by atoms with Gasteiger partial charge in [0.2, 0.25) is 0 Å². The van der Waals surface area contributed by atoms with E-state index in [4.69, 9.17) is 0 Å². The molecule has 0 amide bonds. The highest BCUT2D eigenvalue weighted by Gasteiger charge is 2.16. The van der Waals surface area contributed by atoms with Crippen molar-refractivity contribution in [1.82, 2.24) is 20.1 Å². The number of aromatic amines is 1. The predicted molar refractivity (Wildman–Crippen MR) is 114 cm³/mol. The second-order valence-electron chi connectivity index (χ2n) is 7.38. The molecule has 2 aromatic carbocycles. The molecule has 5 rings (SSSR count). The average Bonchev–Trinajstić information content (AvgIpc) is 2.89. The molecular weight excluding hydrogens is 350 g/mol. The molecule has 0 radical (unpaired) electrons. The number of aromatic nitrogens is 3. The first kappa shape index (κ1) is 17.0. The Kier molecular flexibility index (Phi) is 4.13. The smallest absolute Gasteiger partial charge is 0.280 e. The standard InChI is InChI=1S/C22H23N5O/c1-15-12-17-19(13-20(15)26-10-5-8-23-9-11-26)24-14-18-21(17)25-27(22(18)28)16-6-3-2-4-7-16/h2-4,6-7,12-14,23,25H,5,8-11H2,1H3. The number of benzene rings is 2. The van der Waals surface area contributed by atoms with Crippen molar-refractivity contribution in [3.8, 4) is 5.69 Å². The van der Waals surface area contributed by atoms with Crippen LogP contribution in [0.5, 0.6) is 0 Å². The molecule has 0 bridgehead atoms. The van der Waals surface area contributed by atoms with Crippen LogP contribution in [0.2, 0.25) is 0 Å². The van der Waals surface area contributed by atoms with Gasteiger partial charge in [-0.3, -0.25) is 14.9 Å². The van der Waals surface area contributed by atoms with Gasteiger partial charge in [0.05, 0.1) is 22.1 Å². The normalized spacial score (nSPS) is 15.2. The lowest BCUT2D eigenvalue weighted by Gasteiger charge is -2.24. The van der Waals surface area contributed by atoms with Crippen molar-refractivity contribution in [2.45, 2.75) is 13.3 Å². The summed E-state index contributed by atoms with van der Waals surface area (Å²) in [5.41, 5.74) is 4.93. The van der Waals surface area contributed by atoms with E-state index in [9.17, 15) is 4.79 Å². The average molecular weight is 373 g/mol. The zero-order valence-corrected chi connectivity index (χ0v) is 15.9. The number of para-hydroxylation sites is 1. The number of nitrogens with one attached hydrogen (secondary N) is 2. The first-order valence-corrected chi connectivity index (χ1v) is 9.77. The van der Waals surface area contributed by atoms with E-state index in [2.05, 4.69) is 39.4 Å². The number of hydrogen-bond donors (Lipinski definition) is 2. The number of rotatable bonds is 2. The minimum Gasteiger partial charge on any atom is -0.370 e. The maximum atomic E-state index is 12.9. The Bertz CT molecular complexity index is 1200. The van der Waals surface area contributed by atoms with E-state index in [1.165, 1.54) is 11.3 Å². The summed E-state index contributed by atoms with van der Waals surface area (Å²) < 4.78 is 1.59. The van der Waals surface area contributed by atoms with E-state index in [1.807, 2.05) is 30.3 Å². The Morgan fingerprint density at radius 2 is 1.89 bits per heavy atom. The van der Waals surface area contributed by atoms with Crippen LogP contribution in [0.15, 0.2) is 53.5 Å². The van der Waals surface area contributed by atoms with Crippen LogP contribution in [0.4, 0.5) is 5.69 Å². The van der Waals surface area contributed by atoms with Gasteiger partial charge < -0.3 is 10.2 Å². The molecular formula is C22H23N5O. The number of H-pyrrole nitrogens is 1. The van der Waals surface area contributed by atoms with Crippen LogP contribution in [0.25, 0.3) is 27.5 Å². The van der Waals surface area contributed by atoms with Gasteiger partial charge >= 0.3 is 0 Å². The van der Waals surface area contributed by atoms with Gasteiger partial charge in [0, 0.05) is 36.9 Å². The number of hydrogen-bond acceptors (Lipinski definition) is 4. The molecule has 1 aliphatic rings. The summed E-state index contributed by atoms with van der Waals surface area (Å²) in [6.07, 6.45) is 2.83. The highest BCUT2D eigenvalue weighted by Crippen LogP contribution is 2.29. The highest BCUT2D eigenvalue weighted by atomic mass is 16.1. The highest BCUT2D eigenvalue weighted by molar-refractivity contribution is 6.04. The fourth-order valence-corrected chi connectivity index (χ4v) is 4.09. The van der Waals surface area contributed by atoms with Crippen LogP contribution in [-0.2, 0) is 0 Å². The van der Waals surface area contributed by atoms with E-state index in [1.54, 1.807) is 10.9 Å². The van der Waals surface area contributed by atoms with Crippen molar-refractivity contribution in [2.75, 3.05) is 31.1 Å². The summed E-state index contributed by atoms with van der Waals surface area (Å²) in [5.74, 6) is 0. The SMILES string of the molecule is Cc1cc2c(cc1N1CCCNCC1)ncc1c(=O)n(-c3ccccc3)[nH]c12. The van der Waals surface area contributed by atoms with Crippen molar-refractivity contribution < 1.29 is 0 Å². The molecule has 6 nitrogen and oxygen atoms in total. The van der Waals surface area contributed by atoms with Gasteiger partial charge in [-0.1, -0.05) is 18.2 Å². The minimum atomic E-state index is -0.0732. The molecule has 28 heavy (non-hydrogen) atoms. The molecule has 0 saturated carbocycles. The van der Waals surface area contributed by atoms with E-state index in [0.717, 1.165) is 54.7 Å². The Hall–Kier alpha value is -3.12. The van der Waals surface area contributed by atoms with Gasteiger partial charge in [0.25, 0.3) is 5.56 Å². The summed E-state index contributed by atoms with van der Waals surface area (Å²) >= 11 is 0. The van der Waals surface area contributed by atoms with Crippen LogP contribution >= 0.6 is 0 Å². The maximum Gasteiger partial charge on any atom is 0.280 e. The van der Waals surface area contributed by atoms with Crippen molar-refractivity contribution in [3.63, 3.8) is 0 Å². The third-order valence-electron chi connectivity index (χ3n) is 5.54. The molecule has 142 valence electrons. The van der Waals surface area contributed by atoms with Crippen molar-refractivity contribution in [1.29, 1.82) is 0 Å². The van der Waals surface area contributed by atoms with Crippen LogP contribution in [-0.4, -0.2) is 40.9 Å². The van der Waals surface area contributed by atoms with Crippen molar-refractivity contribution in [2.24, 2.45) is 0 Å². The second-order valence-corrected chi connectivity index (χ2v) is 7.38. The Morgan fingerprint density at radius 3 is 2.75 bits per heavy atom. The van der Waals surface area contributed by atoms with E-state index < -0.39 is 0 Å². The summed E-state index contributed by atoms with van der Waals surface area (Å²) in [7, 11) is 0. The van der Waals surface area contributed by atoms with Crippen LogP contribution in [0.3, 0.4) is 0 Å². The monoisotopic (exact) mass is 373 g/mol. The first-order chi connectivity index (χ1) is 13.7. The summed E-state index contributed by atoms with van der Waals surface area (Å²) in [5, 5.41) is 8.35. The number of fused-ring (bicyclic) bond motifs is 3. The molecule has 0 aliphatic carbocycles. The van der Waals surface area contributed by atoms with Crippen LogP contribution in [0, 0.1) is 6.92 Å². The molecule has 0 spiro atoms. The van der Waals surface area contributed by atoms with Gasteiger partial charge in [0.15, 0.2) is 0 Å². The van der Waals surface area contributed by atoms with Crippen LogP contribution in [0.1, 0.15) is 12.0 Å². The Morgan fingerprint density at radius 1 is 1.04 bits per heavy atom. The van der Waals surface area contributed by atoms with Gasteiger partial charge in [-0.25, -0.2) is 4.68 Å². The quantitative estimate of drug-likeness (QED) is 0.567. The van der Waals surface area contributed by atoms with Gasteiger partial charge in [-0.15, -0.1) is 0 Å². The second kappa shape index (κ2) is 6.80. The fraction of sp³-hybridized carbons (Fsp3) is 0.273. The van der Waals surface area contributed by atoms with E-state index >= 15 is 0 Å². The van der Waals surface area contributed by atoms with Gasteiger partial charge in [0.1, 0.15) is 0 Å². The lowest BCUT2D eigenvalue weighted by atomic mass is 10.1. The molecule has 3 heterocycles. The predicted octanol–water partition coefficient (Wildman–Crippen LogP) is 2.98. The topological polar surface area (TPSA) is 66.0 Å². The molecule has 2 aromatic heterocycles. The minimum absolute atomic E-state index is 0.0732. The molecule has 2 N–H and O–H groups in total. The lowest BCUT2D eigenvalue weighted by Crippen LogP contribution is -2.28. The summed E-state index contributed by atoms with van der Waals surface area (Å²) in [6, 6.07) is 14.0. The largest absolute Gasteiger partial charge is 0.370 e. The van der Waals surface area contributed by atoms with Gasteiger partial charge in [-0.05, 0) is 49.7 Å².